The molecule has 1 aliphatic heterocycles. The molecule has 0 aromatic carbocycles. The Bertz CT molecular complexity index is 471. The summed E-state index contributed by atoms with van der Waals surface area (Å²) < 4.78 is 0. The summed E-state index contributed by atoms with van der Waals surface area (Å²) in [6, 6.07) is 3.89. The summed E-state index contributed by atoms with van der Waals surface area (Å²) in [5, 5.41) is 6.29. The molecule has 1 unspecified atom stereocenters. The first-order valence-corrected chi connectivity index (χ1v) is 7.82. The van der Waals surface area contributed by atoms with Gasteiger partial charge >= 0.3 is 0 Å². The summed E-state index contributed by atoms with van der Waals surface area (Å²) in [6.45, 7) is 9.84. The Morgan fingerprint density at radius 1 is 1.35 bits per heavy atom. The number of hydrogen-bond acceptors (Lipinski definition) is 4. The first-order chi connectivity index (χ1) is 10.1. The van der Waals surface area contributed by atoms with Gasteiger partial charge in [0.05, 0.1) is 17.3 Å². The summed E-state index contributed by atoms with van der Waals surface area (Å²) in [7, 11) is 0. The number of nitrogens with zero attached hydrogens (tertiary/aromatic N) is 2. The number of rotatable bonds is 5. The fraction of sp³-hybridized carbons (Fsp3) is 0.625. The molecule has 1 aromatic rings. The van der Waals surface area contributed by atoms with Crippen molar-refractivity contribution < 1.29 is 4.79 Å². The number of hydrogen-bond donors (Lipinski definition) is 2. The van der Waals surface area contributed by atoms with E-state index in [2.05, 4.69) is 34.4 Å². The number of nitrogens with one attached hydrogen (secondary N) is 2. The van der Waals surface area contributed by atoms with Crippen LogP contribution < -0.4 is 15.5 Å². The zero-order valence-electron chi connectivity index (χ0n) is 14.1. The SMILES string of the molecule is CCN(CC)c1ccc(NC(=O)C2(C)CCCNC2)cn1.Cl.Cl. The average molecular weight is 363 g/mol. The van der Waals surface area contributed by atoms with Gasteiger partial charge in [-0.05, 0) is 52.3 Å². The minimum Gasteiger partial charge on any atom is -0.357 e. The Kier molecular flexibility index (Phi) is 9.51. The first kappa shape index (κ1) is 22.0. The van der Waals surface area contributed by atoms with Crippen LogP contribution in [0, 0.1) is 5.41 Å². The molecule has 2 N–H and O–H groups in total. The van der Waals surface area contributed by atoms with Gasteiger partial charge in [-0.2, -0.15) is 0 Å². The van der Waals surface area contributed by atoms with Gasteiger partial charge < -0.3 is 15.5 Å². The van der Waals surface area contributed by atoms with E-state index < -0.39 is 0 Å². The monoisotopic (exact) mass is 362 g/mol. The fourth-order valence-corrected chi connectivity index (χ4v) is 2.73. The second-order valence-corrected chi connectivity index (χ2v) is 5.87. The van der Waals surface area contributed by atoms with E-state index in [0.717, 1.165) is 50.5 Å². The Balaban J connectivity index is 0.00000242. The lowest BCUT2D eigenvalue weighted by atomic mass is 9.82. The third-order valence-electron chi connectivity index (χ3n) is 4.24. The number of pyridine rings is 1. The van der Waals surface area contributed by atoms with Crippen molar-refractivity contribution in [1.82, 2.24) is 10.3 Å². The van der Waals surface area contributed by atoms with Crippen LogP contribution in [0.5, 0.6) is 0 Å². The van der Waals surface area contributed by atoms with E-state index in [9.17, 15) is 4.79 Å². The van der Waals surface area contributed by atoms with Gasteiger partial charge in [0.15, 0.2) is 0 Å². The van der Waals surface area contributed by atoms with Crippen LogP contribution in [0.1, 0.15) is 33.6 Å². The van der Waals surface area contributed by atoms with Crippen LogP contribution in [0.3, 0.4) is 0 Å². The molecule has 0 bridgehead atoms. The molecule has 1 aromatic heterocycles. The lowest BCUT2D eigenvalue weighted by molar-refractivity contribution is -0.125. The van der Waals surface area contributed by atoms with Crippen molar-refractivity contribution >= 4 is 42.2 Å². The third kappa shape index (κ3) is 5.52. The molecule has 0 aliphatic carbocycles. The Hall–Kier alpha value is -1.04. The third-order valence-corrected chi connectivity index (χ3v) is 4.24. The number of carbonyl (C=O) groups excluding carboxylic acids is 1. The van der Waals surface area contributed by atoms with E-state index in [-0.39, 0.29) is 36.1 Å². The number of anilines is 2. The van der Waals surface area contributed by atoms with Crippen LogP contribution in [-0.2, 0) is 4.79 Å². The smallest absolute Gasteiger partial charge is 0.231 e. The maximum absolute atomic E-state index is 12.4. The van der Waals surface area contributed by atoms with Gasteiger partial charge in [-0.15, -0.1) is 24.8 Å². The maximum atomic E-state index is 12.4. The van der Waals surface area contributed by atoms with Crippen LogP contribution in [0.4, 0.5) is 11.5 Å². The molecule has 0 radical (unpaired) electrons. The number of halogens is 2. The number of amides is 1. The van der Waals surface area contributed by atoms with Crippen molar-refractivity contribution in [3.63, 3.8) is 0 Å². The predicted octanol–water partition coefficient (Wildman–Crippen LogP) is 3.10. The highest BCUT2D eigenvalue weighted by Crippen LogP contribution is 2.27. The molecule has 1 amide bonds. The molecule has 2 rings (SSSR count). The van der Waals surface area contributed by atoms with E-state index in [1.54, 1.807) is 6.20 Å². The second kappa shape index (κ2) is 9.96. The van der Waals surface area contributed by atoms with Gasteiger partial charge in [-0.3, -0.25) is 4.79 Å². The second-order valence-electron chi connectivity index (χ2n) is 5.87. The van der Waals surface area contributed by atoms with E-state index in [1.807, 2.05) is 19.1 Å². The van der Waals surface area contributed by atoms with E-state index in [0.29, 0.717) is 0 Å². The number of aromatic nitrogens is 1. The summed E-state index contributed by atoms with van der Waals surface area (Å²) in [4.78, 5) is 19.0. The highest BCUT2D eigenvalue weighted by molar-refractivity contribution is 5.95. The van der Waals surface area contributed by atoms with E-state index in [1.165, 1.54) is 0 Å². The molecule has 1 fully saturated rings. The Morgan fingerprint density at radius 2 is 2.04 bits per heavy atom. The van der Waals surface area contributed by atoms with Crippen molar-refractivity contribution in [3.05, 3.63) is 18.3 Å². The highest BCUT2D eigenvalue weighted by Gasteiger charge is 2.34. The van der Waals surface area contributed by atoms with E-state index >= 15 is 0 Å². The normalized spacial score (nSPS) is 20.0. The number of carbonyl (C=O) groups is 1. The fourth-order valence-electron chi connectivity index (χ4n) is 2.73. The van der Waals surface area contributed by atoms with Gasteiger partial charge in [-0.1, -0.05) is 0 Å². The first-order valence-electron chi connectivity index (χ1n) is 7.82. The molecule has 1 saturated heterocycles. The molecule has 7 heteroatoms. The highest BCUT2D eigenvalue weighted by atomic mass is 35.5. The van der Waals surface area contributed by atoms with Crippen molar-refractivity contribution in [1.29, 1.82) is 0 Å². The van der Waals surface area contributed by atoms with Gasteiger partial charge in [0.2, 0.25) is 5.91 Å². The molecule has 0 spiro atoms. The molecule has 2 heterocycles. The van der Waals surface area contributed by atoms with Crippen molar-refractivity contribution in [3.8, 4) is 0 Å². The van der Waals surface area contributed by atoms with Crippen molar-refractivity contribution in [2.75, 3.05) is 36.4 Å². The van der Waals surface area contributed by atoms with Crippen LogP contribution in [0.2, 0.25) is 0 Å². The van der Waals surface area contributed by atoms with Gasteiger partial charge in [0, 0.05) is 19.6 Å². The zero-order valence-corrected chi connectivity index (χ0v) is 15.7. The van der Waals surface area contributed by atoms with Crippen molar-refractivity contribution in [2.24, 2.45) is 5.41 Å². The van der Waals surface area contributed by atoms with Crippen LogP contribution in [0.25, 0.3) is 0 Å². The molecule has 23 heavy (non-hydrogen) atoms. The topological polar surface area (TPSA) is 57.3 Å². The number of piperidine rings is 1. The van der Waals surface area contributed by atoms with Gasteiger partial charge in [0.25, 0.3) is 0 Å². The molecule has 132 valence electrons. The molecule has 1 aliphatic rings. The van der Waals surface area contributed by atoms with Crippen LogP contribution in [0.15, 0.2) is 18.3 Å². The summed E-state index contributed by atoms with van der Waals surface area (Å²) in [5.74, 6) is 1.02. The minimum atomic E-state index is -0.324. The molecule has 1 atom stereocenters. The quantitative estimate of drug-likeness (QED) is 0.844. The van der Waals surface area contributed by atoms with Crippen molar-refractivity contribution in [2.45, 2.75) is 33.6 Å². The summed E-state index contributed by atoms with van der Waals surface area (Å²) in [6.07, 6.45) is 3.71. The molecule has 0 saturated carbocycles. The summed E-state index contributed by atoms with van der Waals surface area (Å²) >= 11 is 0. The Labute approximate surface area is 151 Å². The Morgan fingerprint density at radius 3 is 2.52 bits per heavy atom. The standard InChI is InChI=1S/C16H26N4O.2ClH/c1-4-20(5-2)14-8-7-13(11-18-14)19-15(21)16(3)9-6-10-17-12-16;;/h7-8,11,17H,4-6,9-10,12H2,1-3H3,(H,19,21);2*1H. The lowest BCUT2D eigenvalue weighted by Crippen LogP contribution is -2.46. The maximum Gasteiger partial charge on any atom is 0.231 e. The molecule has 5 nitrogen and oxygen atoms in total. The minimum absolute atomic E-state index is 0. The lowest BCUT2D eigenvalue weighted by Gasteiger charge is -2.32. The van der Waals surface area contributed by atoms with Gasteiger partial charge in [-0.25, -0.2) is 4.98 Å². The molecular formula is C16H28Cl2N4O. The van der Waals surface area contributed by atoms with E-state index in [4.69, 9.17) is 0 Å². The molecular weight excluding hydrogens is 335 g/mol. The van der Waals surface area contributed by atoms with Gasteiger partial charge in [0.1, 0.15) is 5.82 Å². The van der Waals surface area contributed by atoms with Crippen LogP contribution in [-0.4, -0.2) is 37.1 Å². The largest absolute Gasteiger partial charge is 0.357 e. The predicted molar refractivity (Wildman–Crippen MR) is 101 cm³/mol. The average Bonchev–Trinajstić information content (AvgIpc) is 2.51. The zero-order chi connectivity index (χ0) is 15.3. The summed E-state index contributed by atoms with van der Waals surface area (Å²) in [5.41, 5.74) is 0.443. The van der Waals surface area contributed by atoms with Crippen LogP contribution >= 0.6 is 24.8 Å².